The maximum Gasteiger partial charge on any atom is 0.256 e. The van der Waals surface area contributed by atoms with E-state index in [-0.39, 0.29) is 5.91 Å². The lowest BCUT2D eigenvalue weighted by Gasteiger charge is -2.19. The Bertz CT molecular complexity index is 706. The highest BCUT2D eigenvalue weighted by atomic mass is 32.1. The number of rotatable bonds is 2. The molecule has 3 rings (SSSR count). The highest BCUT2D eigenvalue weighted by Gasteiger charge is 2.23. The highest BCUT2D eigenvalue weighted by molar-refractivity contribution is 7.10. The summed E-state index contributed by atoms with van der Waals surface area (Å²) in [7, 11) is 0. The van der Waals surface area contributed by atoms with Crippen molar-refractivity contribution in [1.29, 1.82) is 0 Å². The molecule has 0 saturated heterocycles. The first-order valence-corrected chi connectivity index (χ1v) is 8.82. The molecule has 2 aromatic rings. The number of aryl methyl sites for hydroxylation is 3. The smallest absolute Gasteiger partial charge is 0.256 e. The second-order valence-electron chi connectivity index (χ2n) is 6.63. The number of thiophene rings is 1. The molecular weight excluding hydrogens is 290 g/mol. The summed E-state index contributed by atoms with van der Waals surface area (Å²) >= 11 is 1.74. The van der Waals surface area contributed by atoms with Crippen molar-refractivity contribution >= 4 is 22.9 Å². The van der Waals surface area contributed by atoms with Gasteiger partial charge in [-0.2, -0.15) is 0 Å². The molecule has 0 radical (unpaired) electrons. The van der Waals surface area contributed by atoms with E-state index in [2.05, 4.69) is 45.1 Å². The minimum absolute atomic E-state index is 0.0436. The first-order chi connectivity index (χ1) is 10.5. The van der Waals surface area contributed by atoms with Crippen LogP contribution in [-0.4, -0.2) is 5.91 Å². The fourth-order valence-electron chi connectivity index (χ4n) is 3.43. The first kappa shape index (κ1) is 15.3. The van der Waals surface area contributed by atoms with Crippen LogP contribution in [0, 0.1) is 26.7 Å². The SMILES string of the molecule is Cc1cc(C)c(NC(=O)c2csc3c2CC[C@H](C)C3)c(C)c1. The number of nitrogens with one attached hydrogen (secondary N) is 1. The number of hydrogen-bond donors (Lipinski definition) is 1. The molecule has 1 atom stereocenters. The van der Waals surface area contributed by atoms with Gasteiger partial charge in [0.1, 0.15) is 0 Å². The minimum Gasteiger partial charge on any atom is -0.321 e. The number of anilines is 1. The number of fused-ring (bicyclic) bond motifs is 1. The van der Waals surface area contributed by atoms with Crippen LogP contribution < -0.4 is 5.32 Å². The number of carbonyl (C=O) groups is 1. The number of amides is 1. The van der Waals surface area contributed by atoms with E-state index in [0.29, 0.717) is 0 Å². The Labute approximate surface area is 136 Å². The third-order valence-corrected chi connectivity index (χ3v) is 5.61. The highest BCUT2D eigenvalue weighted by Crippen LogP contribution is 2.33. The van der Waals surface area contributed by atoms with Crippen molar-refractivity contribution in [3.63, 3.8) is 0 Å². The Morgan fingerprint density at radius 1 is 1.23 bits per heavy atom. The van der Waals surface area contributed by atoms with Crippen LogP contribution in [-0.2, 0) is 12.8 Å². The summed E-state index contributed by atoms with van der Waals surface area (Å²) in [6.45, 7) is 8.49. The second-order valence-corrected chi connectivity index (χ2v) is 7.59. The lowest BCUT2D eigenvalue weighted by molar-refractivity contribution is 0.102. The lowest BCUT2D eigenvalue weighted by atomic mass is 9.88. The fraction of sp³-hybridized carbons (Fsp3) is 0.421. The van der Waals surface area contributed by atoms with Gasteiger partial charge in [0.25, 0.3) is 5.91 Å². The molecule has 1 aromatic heterocycles. The molecule has 0 fully saturated rings. The molecule has 116 valence electrons. The predicted octanol–water partition coefficient (Wildman–Crippen LogP) is 5.05. The van der Waals surface area contributed by atoms with Gasteiger partial charge in [-0.15, -0.1) is 11.3 Å². The van der Waals surface area contributed by atoms with E-state index in [1.54, 1.807) is 11.3 Å². The first-order valence-electron chi connectivity index (χ1n) is 7.94. The Hall–Kier alpha value is -1.61. The molecule has 1 aliphatic carbocycles. The molecule has 1 amide bonds. The van der Waals surface area contributed by atoms with Crippen LogP contribution in [0.15, 0.2) is 17.5 Å². The van der Waals surface area contributed by atoms with Crippen molar-refractivity contribution in [2.45, 2.75) is 47.0 Å². The lowest BCUT2D eigenvalue weighted by Crippen LogP contribution is -2.17. The van der Waals surface area contributed by atoms with Gasteiger partial charge in [-0.1, -0.05) is 24.6 Å². The van der Waals surface area contributed by atoms with E-state index in [1.807, 2.05) is 5.38 Å². The minimum atomic E-state index is 0.0436. The summed E-state index contributed by atoms with van der Waals surface area (Å²) in [5.41, 5.74) is 6.61. The van der Waals surface area contributed by atoms with Crippen LogP contribution in [0.2, 0.25) is 0 Å². The van der Waals surface area contributed by atoms with Crippen LogP contribution in [0.4, 0.5) is 5.69 Å². The summed E-state index contributed by atoms with van der Waals surface area (Å²) in [6, 6.07) is 4.24. The van der Waals surface area contributed by atoms with Crippen molar-refractivity contribution in [2.75, 3.05) is 5.32 Å². The van der Waals surface area contributed by atoms with Gasteiger partial charge in [0.2, 0.25) is 0 Å². The molecule has 22 heavy (non-hydrogen) atoms. The quantitative estimate of drug-likeness (QED) is 0.826. The molecule has 0 bridgehead atoms. The zero-order valence-electron chi connectivity index (χ0n) is 13.7. The molecule has 1 N–H and O–H groups in total. The Balaban J connectivity index is 1.87. The number of benzene rings is 1. The molecule has 0 aliphatic heterocycles. The third-order valence-electron chi connectivity index (χ3n) is 4.56. The Morgan fingerprint density at radius 3 is 2.59 bits per heavy atom. The maximum atomic E-state index is 12.7. The van der Waals surface area contributed by atoms with Crippen molar-refractivity contribution in [1.82, 2.24) is 0 Å². The van der Waals surface area contributed by atoms with Crippen molar-refractivity contribution < 1.29 is 4.79 Å². The molecule has 0 spiro atoms. The average Bonchev–Trinajstić information content (AvgIpc) is 2.85. The molecule has 1 aliphatic rings. The van der Waals surface area contributed by atoms with Gasteiger partial charge in [0, 0.05) is 15.9 Å². The van der Waals surface area contributed by atoms with Gasteiger partial charge in [0.15, 0.2) is 0 Å². The second kappa shape index (κ2) is 5.88. The van der Waals surface area contributed by atoms with Crippen LogP contribution in [0.25, 0.3) is 0 Å². The predicted molar refractivity (Wildman–Crippen MR) is 94.1 cm³/mol. The molecule has 3 heteroatoms. The summed E-state index contributed by atoms with van der Waals surface area (Å²) in [5, 5.41) is 5.18. The van der Waals surface area contributed by atoms with Gasteiger partial charge < -0.3 is 5.32 Å². The van der Waals surface area contributed by atoms with Crippen molar-refractivity contribution in [3.05, 3.63) is 50.2 Å². The normalized spacial score (nSPS) is 17.2. The summed E-state index contributed by atoms with van der Waals surface area (Å²) in [5.74, 6) is 0.783. The number of carbonyl (C=O) groups excluding carboxylic acids is 1. The molecule has 2 nitrogen and oxygen atoms in total. The maximum absolute atomic E-state index is 12.7. The van der Waals surface area contributed by atoms with E-state index in [4.69, 9.17) is 0 Å². The van der Waals surface area contributed by atoms with E-state index in [0.717, 1.165) is 41.1 Å². The van der Waals surface area contributed by atoms with Gasteiger partial charge >= 0.3 is 0 Å². The molecule has 1 aromatic carbocycles. The standard InChI is InChI=1S/C19H23NOS/c1-11-5-6-15-16(10-22-17(15)9-11)19(21)20-18-13(3)7-12(2)8-14(18)4/h7-8,10-11H,5-6,9H2,1-4H3,(H,20,21)/t11-/m0/s1. The fourth-order valence-corrected chi connectivity index (χ4v) is 4.67. The third kappa shape index (κ3) is 2.82. The van der Waals surface area contributed by atoms with Crippen LogP contribution in [0.1, 0.15) is 50.8 Å². The summed E-state index contributed by atoms with van der Waals surface area (Å²) in [4.78, 5) is 14.1. The van der Waals surface area contributed by atoms with Crippen LogP contribution in [0.3, 0.4) is 0 Å². The van der Waals surface area contributed by atoms with Gasteiger partial charge in [-0.05, 0) is 62.6 Å². The summed E-state index contributed by atoms with van der Waals surface area (Å²) < 4.78 is 0. The average molecular weight is 313 g/mol. The molecule has 0 unspecified atom stereocenters. The zero-order chi connectivity index (χ0) is 15.9. The van der Waals surface area contributed by atoms with Crippen LogP contribution in [0.5, 0.6) is 0 Å². The molecule has 1 heterocycles. The number of hydrogen-bond acceptors (Lipinski definition) is 2. The zero-order valence-corrected chi connectivity index (χ0v) is 14.6. The van der Waals surface area contributed by atoms with Crippen molar-refractivity contribution in [3.8, 4) is 0 Å². The molecule has 0 saturated carbocycles. The van der Waals surface area contributed by atoms with Crippen molar-refractivity contribution in [2.24, 2.45) is 5.92 Å². The largest absolute Gasteiger partial charge is 0.321 e. The van der Waals surface area contributed by atoms with E-state index in [1.165, 1.54) is 22.4 Å². The van der Waals surface area contributed by atoms with Gasteiger partial charge in [-0.25, -0.2) is 0 Å². The Morgan fingerprint density at radius 2 is 1.91 bits per heavy atom. The van der Waals surface area contributed by atoms with Gasteiger partial charge in [-0.3, -0.25) is 4.79 Å². The van der Waals surface area contributed by atoms with E-state index >= 15 is 0 Å². The van der Waals surface area contributed by atoms with Crippen LogP contribution >= 0.6 is 11.3 Å². The summed E-state index contributed by atoms with van der Waals surface area (Å²) in [6.07, 6.45) is 3.34. The van der Waals surface area contributed by atoms with E-state index < -0.39 is 0 Å². The Kier molecular flexibility index (Phi) is 4.09. The molecular formula is C19H23NOS. The topological polar surface area (TPSA) is 29.1 Å². The van der Waals surface area contributed by atoms with Gasteiger partial charge in [0.05, 0.1) is 5.56 Å². The van der Waals surface area contributed by atoms with E-state index in [9.17, 15) is 4.79 Å². The monoisotopic (exact) mass is 313 g/mol.